The number of hydrogen-bond donors (Lipinski definition) is 0. The molecule has 0 aromatic rings. The SMILES string of the molecule is CCCCCCCCCCCCCCCC(=O)OC1CCC2(C)C(CCC3(C)C2CCC2C4C(C(C)C)CCC4(C)CCC23C)C1(C)C. The molecule has 2 heteroatoms. The molecular formula is C46H82O2. The van der Waals surface area contributed by atoms with E-state index >= 15 is 0 Å². The number of ether oxygens (including phenoxy) is 1. The molecule has 5 fully saturated rings. The molecule has 0 N–H and O–H groups in total. The molecular weight excluding hydrogens is 585 g/mol. The summed E-state index contributed by atoms with van der Waals surface area (Å²) in [5.74, 6) is 5.11. The summed E-state index contributed by atoms with van der Waals surface area (Å²) < 4.78 is 6.43. The Morgan fingerprint density at radius 3 is 1.83 bits per heavy atom. The minimum atomic E-state index is 0.0527. The minimum absolute atomic E-state index is 0.0527. The van der Waals surface area contributed by atoms with Crippen LogP contribution in [0.1, 0.15) is 216 Å². The Bertz CT molecular complexity index is 1040. The topological polar surface area (TPSA) is 26.3 Å². The molecule has 5 aliphatic carbocycles. The summed E-state index contributed by atoms with van der Waals surface area (Å²) in [5.41, 5.74) is 1.89. The standard InChI is InChI=1S/C46H82O2/c1-10-11-12-13-14-15-16-17-18-19-20-21-22-23-40(47)48-39-28-30-44(7)37(42(39,4)5)27-31-46(9)38(44)25-24-36-41-35(34(2)3)26-29-43(41,6)32-33-45(36,46)8/h34-39,41H,10-33H2,1-9H3. The van der Waals surface area contributed by atoms with Crippen LogP contribution in [0.3, 0.4) is 0 Å². The highest BCUT2D eigenvalue weighted by Crippen LogP contribution is 2.77. The first-order chi connectivity index (χ1) is 22.7. The van der Waals surface area contributed by atoms with E-state index in [-0.39, 0.29) is 17.5 Å². The molecule has 0 bridgehead atoms. The molecule has 48 heavy (non-hydrogen) atoms. The lowest BCUT2D eigenvalue weighted by atomic mass is 9.32. The molecule has 0 aromatic carbocycles. The molecule has 0 amide bonds. The Hall–Kier alpha value is -0.530. The monoisotopic (exact) mass is 667 g/mol. The predicted molar refractivity (Wildman–Crippen MR) is 205 cm³/mol. The molecule has 10 unspecified atom stereocenters. The Morgan fingerprint density at radius 2 is 1.23 bits per heavy atom. The molecule has 0 aromatic heterocycles. The average molecular weight is 667 g/mol. The summed E-state index contributed by atoms with van der Waals surface area (Å²) in [6.07, 6.45) is 31.9. The average Bonchev–Trinajstić information content (AvgIpc) is 3.39. The van der Waals surface area contributed by atoms with Gasteiger partial charge in [-0.2, -0.15) is 0 Å². The maximum Gasteiger partial charge on any atom is 0.306 e. The first kappa shape index (κ1) is 38.7. The van der Waals surface area contributed by atoms with Gasteiger partial charge < -0.3 is 4.74 Å². The van der Waals surface area contributed by atoms with Crippen LogP contribution in [0, 0.1) is 62.6 Å². The predicted octanol–water partition coefficient (Wildman–Crippen LogP) is 14.1. The third kappa shape index (κ3) is 7.24. The summed E-state index contributed by atoms with van der Waals surface area (Å²) in [6.45, 7) is 23.3. The summed E-state index contributed by atoms with van der Waals surface area (Å²) in [5, 5.41) is 0. The Labute approximate surface area is 299 Å². The lowest BCUT2D eigenvalue weighted by Crippen LogP contribution is -2.66. The Balaban J connectivity index is 1.11. The van der Waals surface area contributed by atoms with E-state index in [1.165, 1.54) is 135 Å². The van der Waals surface area contributed by atoms with Gasteiger partial charge in [0.1, 0.15) is 6.10 Å². The van der Waals surface area contributed by atoms with E-state index in [4.69, 9.17) is 4.74 Å². The Morgan fingerprint density at radius 1 is 0.625 bits per heavy atom. The van der Waals surface area contributed by atoms with Gasteiger partial charge in [0.2, 0.25) is 0 Å². The second-order valence-electron chi connectivity index (χ2n) is 20.6. The van der Waals surface area contributed by atoms with Crippen molar-refractivity contribution in [2.45, 2.75) is 223 Å². The molecule has 5 saturated carbocycles. The summed E-state index contributed by atoms with van der Waals surface area (Å²) in [4.78, 5) is 13.2. The van der Waals surface area contributed by atoms with E-state index in [2.05, 4.69) is 62.3 Å². The molecule has 0 saturated heterocycles. The second-order valence-corrected chi connectivity index (χ2v) is 20.6. The highest BCUT2D eigenvalue weighted by Gasteiger charge is 2.70. The number of esters is 1. The van der Waals surface area contributed by atoms with Crippen molar-refractivity contribution in [3.63, 3.8) is 0 Å². The van der Waals surface area contributed by atoms with Gasteiger partial charge in [0.25, 0.3) is 0 Å². The molecule has 5 rings (SSSR count). The van der Waals surface area contributed by atoms with Crippen LogP contribution in [-0.4, -0.2) is 12.1 Å². The third-order valence-electron chi connectivity index (χ3n) is 17.5. The van der Waals surface area contributed by atoms with Crippen LogP contribution in [0.2, 0.25) is 0 Å². The first-order valence-corrected chi connectivity index (χ1v) is 21.9. The summed E-state index contributed by atoms with van der Waals surface area (Å²) in [6, 6.07) is 0. The fraction of sp³-hybridized carbons (Fsp3) is 0.978. The van der Waals surface area contributed by atoms with E-state index in [0.717, 1.165) is 42.4 Å². The van der Waals surface area contributed by atoms with Gasteiger partial charge in [0.05, 0.1) is 0 Å². The largest absolute Gasteiger partial charge is 0.462 e. The summed E-state index contributed by atoms with van der Waals surface area (Å²) in [7, 11) is 0. The molecule has 0 aliphatic heterocycles. The van der Waals surface area contributed by atoms with Crippen LogP contribution < -0.4 is 0 Å². The second kappa shape index (κ2) is 15.6. The van der Waals surface area contributed by atoms with E-state index in [1.807, 2.05) is 0 Å². The van der Waals surface area contributed by atoms with Gasteiger partial charge in [0.15, 0.2) is 0 Å². The first-order valence-electron chi connectivity index (χ1n) is 21.9. The number of hydrogen-bond acceptors (Lipinski definition) is 2. The zero-order valence-electron chi connectivity index (χ0n) is 33.8. The van der Waals surface area contributed by atoms with E-state index in [9.17, 15) is 4.79 Å². The van der Waals surface area contributed by atoms with Crippen molar-refractivity contribution in [2.75, 3.05) is 0 Å². The smallest absolute Gasteiger partial charge is 0.306 e. The fourth-order valence-corrected chi connectivity index (χ4v) is 14.4. The molecule has 0 heterocycles. The van der Waals surface area contributed by atoms with E-state index in [0.29, 0.717) is 34.0 Å². The van der Waals surface area contributed by atoms with Crippen molar-refractivity contribution in [1.82, 2.24) is 0 Å². The third-order valence-corrected chi connectivity index (χ3v) is 17.5. The molecule has 10 atom stereocenters. The molecule has 0 spiro atoms. The van der Waals surface area contributed by atoms with Crippen molar-refractivity contribution in [3.05, 3.63) is 0 Å². The van der Waals surface area contributed by atoms with Crippen LogP contribution in [0.25, 0.3) is 0 Å². The van der Waals surface area contributed by atoms with Crippen molar-refractivity contribution < 1.29 is 9.53 Å². The van der Waals surface area contributed by atoms with Crippen molar-refractivity contribution in [3.8, 4) is 0 Å². The van der Waals surface area contributed by atoms with Crippen molar-refractivity contribution >= 4 is 5.97 Å². The van der Waals surface area contributed by atoms with Gasteiger partial charge in [-0.05, 0) is 128 Å². The number of fused-ring (bicyclic) bond motifs is 7. The van der Waals surface area contributed by atoms with Crippen LogP contribution in [0.4, 0.5) is 0 Å². The molecule has 2 nitrogen and oxygen atoms in total. The number of carbonyl (C=O) groups excluding carboxylic acids is 1. The number of unbranched alkanes of at least 4 members (excludes halogenated alkanes) is 12. The molecule has 5 aliphatic rings. The minimum Gasteiger partial charge on any atom is -0.462 e. The number of rotatable bonds is 16. The highest BCUT2D eigenvalue weighted by molar-refractivity contribution is 5.69. The van der Waals surface area contributed by atoms with Gasteiger partial charge in [-0.3, -0.25) is 4.79 Å². The maximum absolute atomic E-state index is 13.2. The lowest BCUT2D eigenvalue weighted by Gasteiger charge is -2.73. The quantitative estimate of drug-likeness (QED) is 0.121. The van der Waals surface area contributed by atoms with Crippen LogP contribution >= 0.6 is 0 Å². The van der Waals surface area contributed by atoms with Gasteiger partial charge in [-0.1, -0.05) is 139 Å². The van der Waals surface area contributed by atoms with Gasteiger partial charge in [-0.25, -0.2) is 0 Å². The molecule has 278 valence electrons. The van der Waals surface area contributed by atoms with Crippen LogP contribution in [0.5, 0.6) is 0 Å². The summed E-state index contributed by atoms with van der Waals surface area (Å²) >= 11 is 0. The highest BCUT2D eigenvalue weighted by atomic mass is 16.5. The molecule has 0 radical (unpaired) electrons. The number of carbonyl (C=O) groups is 1. The van der Waals surface area contributed by atoms with Gasteiger partial charge >= 0.3 is 5.97 Å². The van der Waals surface area contributed by atoms with E-state index < -0.39 is 0 Å². The van der Waals surface area contributed by atoms with Crippen molar-refractivity contribution in [1.29, 1.82) is 0 Å². The Kier molecular flexibility index (Phi) is 12.6. The van der Waals surface area contributed by atoms with Gasteiger partial charge in [-0.15, -0.1) is 0 Å². The fourth-order valence-electron chi connectivity index (χ4n) is 14.4. The normalized spacial score (nSPS) is 41.7. The van der Waals surface area contributed by atoms with Crippen LogP contribution in [-0.2, 0) is 9.53 Å². The maximum atomic E-state index is 13.2. The zero-order chi connectivity index (χ0) is 34.8. The lowest BCUT2D eigenvalue weighted by molar-refractivity contribution is -0.250. The van der Waals surface area contributed by atoms with E-state index in [1.54, 1.807) is 0 Å². The van der Waals surface area contributed by atoms with Gasteiger partial charge in [0, 0.05) is 11.8 Å². The zero-order valence-corrected chi connectivity index (χ0v) is 33.8. The van der Waals surface area contributed by atoms with Crippen LogP contribution in [0.15, 0.2) is 0 Å². The van der Waals surface area contributed by atoms with Crippen molar-refractivity contribution in [2.24, 2.45) is 62.6 Å².